The van der Waals surface area contributed by atoms with E-state index in [2.05, 4.69) is 20.3 Å². The SMILES string of the molecule is COC(=O)c1ccc(Oc2nnnn2-c2ccccc2)c(C(=O)OC)c1. The lowest BCUT2D eigenvalue weighted by atomic mass is 10.1. The Morgan fingerprint density at radius 2 is 1.69 bits per heavy atom. The standard InChI is InChI=1S/C17H14N4O5/c1-24-15(22)11-8-9-14(13(10-11)16(23)25-2)26-17-18-19-20-21(17)12-6-4-3-5-7-12/h3-10H,1-2H3. The second-order valence-corrected chi connectivity index (χ2v) is 5.00. The average Bonchev–Trinajstić information content (AvgIpc) is 3.15. The molecule has 0 N–H and O–H groups in total. The van der Waals surface area contributed by atoms with E-state index in [4.69, 9.17) is 9.47 Å². The molecule has 0 aliphatic carbocycles. The minimum Gasteiger partial charge on any atom is -0.465 e. The van der Waals surface area contributed by atoms with Gasteiger partial charge in [0.15, 0.2) is 0 Å². The molecule has 132 valence electrons. The highest BCUT2D eigenvalue weighted by Gasteiger charge is 2.20. The fraction of sp³-hybridized carbons (Fsp3) is 0.118. The molecule has 0 saturated heterocycles. The van der Waals surface area contributed by atoms with Crippen molar-refractivity contribution in [2.75, 3.05) is 14.2 Å². The zero-order valence-corrected chi connectivity index (χ0v) is 13.9. The van der Waals surface area contributed by atoms with Crippen LogP contribution in [0.5, 0.6) is 11.8 Å². The smallest absolute Gasteiger partial charge is 0.345 e. The molecule has 0 bridgehead atoms. The lowest BCUT2D eigenvalue weighted by Crippen LogP contribution is -2.09. The van der Waals surface area contributed by atoms with Gasteiger partial charge in [-0.2, -0.15) is 4.68 Å². The lowest BCUT2D eigenvalue weighted by molar-refractivity contribution is 0.0597. The molecule has 1 heterocycles. The summed E-state index contributed by atoms with van der Waals surface area (Å²) in [6.07, 6.45) is 0. The molecule has 2 aromatic carbocycles. The molecule has 0 atom stereocenters. The zero-order chi connectivity index (χ0) is 18.5. The van der Waals surface area contributed by atoms with Crippen LogP contribution in [0.25, 0.3) is 5.69 Å². The Hall–Kier alpha value is -3.75. The molecule has 0 saturated carbocycles. The van der Waals surface area contributed by atoms with Crippen molar-refractivity contribution in [2.24, 2.45) is 0 Å². The molecule has 9 heteroatoms. The van der Waals surface area contributed by atoms with E-state index in [1.807, 2.05) is 18.2 Å². The van der Waals surface area contributed by atoms with Crippen LogP contribution in [0.4, 0.5) is 0 Å². The van der Waals surface area contributed by atoms with E-state index in [9.17, 15) is 9.59 Å². The Bertz CT molecular complexity index is 939. The third kappa shape index (κ3) is 3.36. The summed E-state index contributed by atoms with van der Waals surface area (Å²) in [5.74, 6) is -1.13. The number of methoxy groups -OCH3 is 2. The molecule has 1 aromatic heterocycles. The van der Waals surface area contributed by atoms with Gasteiger partial charge in [-0.05, 0) is 40.8 Å². The van der Waals surface area contributed by atoms with Gasteiger partial charge in [0.1, 0.15) is 11.3 Å². The van der Waals surface area contributed by atoms with Gasteiger partial charge in [0.2, 0.25) is 0 Å². The van der Waals surface area contributed by atoms with Crippen LogP contribution in [0, 0.1) is 0 Å². The van der Waals surface area contributed by atoms with Crippen LogP contribution >= 0.6 is 0 Å². The normalized spacial score (nSPS) is 10.2. The first-order valence-corrected chi connectivity index (χ1v) is 7.46. The van der Waals surface area contributed by atoms with Gasteiger partial charge in [-0.3, -0.25) is 0 Å². The van der Waals surface area contributed by atoms with Gasteiger partial charge in [0.25, 0.3) is 0 Å². The Morgan fingerprint density at radius 3 is 2.38 bits per heavy atom. The van der Waals surface area contributed by atoms with Crippen molar-refractivity contribution in [1.29, 1.82) is 0 Å². The second-order valence-electron chi connectivity index (χ2n) is 5.00. The first-order chi connectivity index (χ1) is 12.6. The van der Waals surface area contributed by atoms with Crippen molar-refractivity contribution in [3.63, 3.8) is 0 Å². The van der Waals surface area contributed by atoms with E-state index < -0.39 is 11.9 Å². The van der Waals surface area contributed by atoms with Crippen LogP contribution in [-0.4, -0.2) is 46.4 Å². The van der Waals surface area contributed by atoms with Crippen LogP contribution in [0.1, 0.15) is 20.7 Å². The van der Waals surface area contributed by atoms with E-state index in [1.54, 1.807) is 12.1 Å². The molecule has 3 aromatic rings. The maximum atomic E-state index is 12.1. The summed E-state index contributed by atoms with van der Waals surface area (Å²) >= 11 is 0. The highest BCUT2D eigenvalue weighted by Crippen LogP contribution is 2.27. The van der Waals surface area contributed by atoms with E-state index in [0.29, 0.717) is 5.69 Å². The lowest BCUT2D eigenvalue weighted by Gasteiger charge is -2.10. The molecule has 26 heavy (non-hydrogen) atoms. The van der Waals surface area contributed by atoms with Crippen molar-refractivity contribution in [3.8, 4) is 17.4 Å². The molecule has 0 radical (unpaired) electrons. The molecule has 0 aliphatic heterocycles. The largest absolute Gasteiger partial charge is 0.465 e. The monoisotopic (exact) mass is 354 g/mol. The number of aromatic nitrogens is 4. The van der Waals surface area contributed by atoms with Crippen molar-refractivity contribution in [2.45, 2.75) is 0 Å². The summed E-state index contributed by atoms with van der Waals surface area (Å²) in [6, 6.07) is 13.4. The highest BCUT2D eigenvalue weighted by molar-refractivity contribution is 5.97. The van der Waals surface area contributed by atoms with Crippen LogP contribution in [0.3, 0.4) is 0 Å². The maximum Gasteiger partial charge on any atom is 0.345 e. The second kappa shape index (κ2) is 7.43. The first-order valence-electron chi connectivity index (χ1n) is 7.46. The third-order valence-electron chi connectivity index (χ3n) is 3.45. The van der Waals surface area contributed by atoms with Crippen molar-refractivity contribution in [3.05, 3.63) is 59.7 Å². The summed E-state index contributed by atoms with van der Waals surface area (Å²) in [5.41, 5.74) is 0.902. The Labute approximate surface area is 148 Å². The predicted molar refractivity (Wildman–Crippen MR) is 88.3 cm³/mol. The fourth-order valence-electron chi connectivity index (χ4n) is 2.21. The summed E-state index contributed by atoms with van der Waals surface area (Å²) < 4.78 is 16.5. The Morgan fingerprint density at radius 1 is 0.962 bits per heavy atom. The molecule has 0 amide bonds. The van der Waals surface area contributed by atoms with Crippen molar-refractivity contribution < 1.29 is 23.8 Å². The molecule has 0 spiro atoms. The van der Waals surface area contributed by atoms with E-state index in [0.717, 1.165) is 0 Å². The van der Waals surface area contributed by atoms with Crippen LogP contribution in [-0.2, 0) is 9.47 Å². The van der Waals surface area contributed by atoms with Crippen LogP contribution in [0.2, 0.25) is 0 Å². The number of rotatable bonds is 5. The minimum atomic E-state index is -0.676. The highest BCUT2D eigenvalue weighted by atomic mass is 16.5. The van der Waals surface area contributed by atoms with Crippen molar-refractivity contribution in [1.82, 2.24) is 20.2 Å². The summed E-state index contributed by atoms with van der Waals surface area (Å²) in [5, 5.41) is 11.3. The number of hydrogen-bond acceptors (Lipinski definition) is 8. The predicted octanol–water partition coefficient (Wildman–Crippen LogP) is 2.03. The van der Waals surface area contributed by atoms with Crippen LogP contribution in [0.15, 0.2) is 48.5 Å². The first kappa shape index (κ1) is 17.1. The number of esters is 2. The van der Waals surface area contributed by atoms with Gasteiger partial charge in [-0.15, -0.1) is 0 Å². The molecule has 0 aliphatic rings. The summed E-state index contributed by atoms with van der Waals surface area (Å²) in [7, 11) is 2.48. The van der Waals surface area contributed by atoms with Gasteiger partial charge in [0.05, 0.1) is 25.5 Å². The zero-order valence-electron chi connectivity index (χ0n) is 13.9. The minimum absolute atomic E-state index is 0.0398. The number of nitrogens with zero attached hydrogens (tertiary/aromatic N) is 4. The van der Waals surface area contributed by atoms with Gasteiger partial charge in [0, 0.05) is 0 Å². The topological polar surface area (TPSA) is 105 Å². The van der Waals surface area contributed by atoms with E-state index in [-0.39, 0.29) is 22.9 Å². The quantitative estimate of drug-likeness (QED) is 0.641. The number of para-hydroxylation sites is 1. The number of hydrogen-bond donors (Lipinski definition) is 0. The van der Waals surface area contributed by atoms with E-state index >= 15 is 0 Å². The summed E-state index contributed by atoms with van der Waals surface area (Å²) in [6.45, 7) is 0. The molecular formula is C17H14N4O5. The number of carbonyl (C=O) groups is 2. The maximum absolute atomic E-state index is 12.1. The van der Waals surface area contributed by atoms with Gasteiger partial charge < -0.3 is 14.2 Å². The molecule has 0 unspecified atom stereocenters. The molecule has 9 nitrogen and oxygen atoms in total. The fourth-order valence-corrected chi connectivity index (χ4v) is 2.21. The number of benzene rings is 2. The van der Waals surface area contributed by atoms with Crippen LogP contribution < -0.4 is 4.74 Å². The van der Waals surface area contributed by atoms with Gasteiger partial charge in [-0.1, -0.05) is 23.3 Å². The number of ether oxygens (including phenoxy) is 3. The Balaban J connectivity index is 1.99. The van der Waals surface area contributed by atoms with Gasteiger partial charge >= 0.3 is 17.9 Å². The molecular weight excluding hydrogens is 340 g/mol. The Kier molecular flexibility index (Phi) is 4.88. The average molecular weight is 354 g/mol. The molecule has 0 fully saturated rings. The van der Waals surface area contributed by atoms with Crippen molar-refractivity contribution >= 4 is 11.9 Å². The summed E-state index contributed by atoms with van der Waals surface area (Å²) in [4.78, 5) is 23.8. The van der Waals surface area contributed by atoms with E-state index in [1.165, 1.54) is 37.1 Å². The number of tetrazole rings is 1. The molecule has 3 rings (SSSR count). The third-order valence-corrected chi connectivity index (χ3v) is 3.45. The number of carbonyl (C=O) groups excluding carboxylic acids is 2. The van der Waals surface area contributed by atoms with Gasteiger partial charge in [-0.25, -0.2) is 9.59 Å².